The highest BCUT2D eigenvalue weighted by Crippen LogP contribution is 2.48. The lowest BCUT2D eigenvalue weighted by Gasteiger charge is -2.17. The summed E-state index contributed by atoms with van der Waals surface area (Å²) in [5, 5.41) is 21.3. The van der Waals surface area contributed by atoms with Gasteiger partial charge in [0.1, 0.15) is 0 Å². The smallest absolute Gasteiger partial charge is 0.207 e. The molecule has 0 saturated carbocycles. The summed E-state index contributed by atoms with van der Waals surface area (Å²) in [5.41, 5.74) is 15.9. The van der Waals surface area contributed by atoms with Crippen LogP contribution < -0.4 is 9.47 Å². The Balaban J connectivity index is 2.32. The van der Waals surface area contributed by atoms with E-state index in [-0.39, 0.29) is 23.0 Å². The number of phenolic OH excluding ortho intramolecular Hbond substituents is 2. The van der Waals surface area contributed by atoms with Crippen LogP contribution in [0.5, 0.6) is 23.0 Å². The molecule has 63 heavy (non-hydrogen) atoms. The highest BCUT2D eigenvalue weighted by molar-refractivity contribution is 5.66. The van der Waals surface area contributed by atoms with Crippen molar-refractivity contribution in [1.29, 1.82) is 0 Å². The van der Waals surface area contributed by atoms with Crippen molar-refractivity contribution in [2.75, 3.05) is 14.2 Å². The topological polar surface area (TPSA) is 58.9 Å². The number of ether oxygens (including phenoxy) is 2. The molecule has 0 aliphatic carbocycles. The fourth-order valence-electron chi connectivity index (χ4n) is 7.62. The van der Waals surface area contributed by atoms with E-state index in [0.717, 1.165) is 96.3 Å². The van der Waals surface area contributed by atoms with Crippen LogP contribution in [0.1, 0.15) is 203 Å². The molecule has 0 saturated heterocycles. The van der Waals surface area contributed by atoms with Crippen molar-refractivity contribution in [2.24, 2.45) is 0 Å². The van der Waals surface area contributed by atoms with E-state index in [0.29, 0.717) is 17.5 Å². The second kappa shape index (κ2) is 33.3. The molecule has 0 heterocycles. The molecule has 0 bridgehead atoms. The van der Waals surface area contributed by atoms with E-state index >= 15 is 0 Å². The van der Waals surface area contributed by atoms with E-state index in [1.165, 1.54) is 89.2 Å². The quantitative estimate of drug-likeness (QED) is 0.0577. The third-order valence-corrected chi connectivity index (χ3v) is 12.1. The molecule has 2 N–H and O–H groups in total. The summed E-state index contributed by atoms with van der Waals surface area (Å²) >= 11 is 0. The van der Waals surface area contributed by atoms with Crippen molar-refractivity contribution in [2.45, 2.75) is 205 Å². The van der Waals surface area contributed by atoms with E-state index in [1.807, 2.05) is 0 Å². The Morgan fingerprint density at radius 1 is 0.349 bits per heavy atom. The molecule has 1 rings (SSSR count). The maximum absolute atomic E-state index is 10.7. The predicted molar refractivity (Wildman–Crippen MR) is 278 cm³/mol. The van der Waals surface area contributed by atoms with Gasteiger partial charge in [-0.15, -0.1) is 0 Å². The fraction of sp³-hybridized carbons (Fsp3) is 0.559. The number of phenols is 2. The van der Waals surface area contributed by atoms with Gasteiger partial charge in [-0.2, -0.15) is 0 Å². The summed E-state index contributed by atoms with van der Waals surface area (Å²) in [5.74, 6) is 0.356. The molecule has 4 heteroatoms. The first-order chi connectivity index (χ1) is 30.0. The Kier molecular flexibility index (Phi) is 30.1. The minimum Gasteiger partial charge on any atom is -0.504 e. The Morgan fingerprint density at radius 3 is 0.810 bits per heavy atom. The van der Waals surface area contributed by atoms with Crippen LogP contribution in [0, 0.1) is 6.92 Å². The maximum Gasteiger partial charge on any atom is 0.207 e. The molecule has 0 spiro atoms. The minimum absolute atomic E-state index is 0.00634. The molecule has 0 aromatic heterocycles. The average molecular weight is 865 g/mol. The molecule has 0 aliphatic heterocycles. The minimum atomic E-state index is 0.00634. The highest BCUT2D eigenvalue weighted by atomic mass is 16.5. The first kappa shape index (κ1) is 56.8. The monoisotopic (exact) mass is 865 g/mol. The molecule has 1 aromatic carbocycles. The molecule has 0 amide bonds. The Bertz CT molecular complexity index is 1840. The number of aromatic hydroxyl groups is 2. The lowest BCUT2D eigenvalue weighted by atomic mass is 9.99. The zero-order valence-corrected chi connectivity index (χ0v) is 42.9. The van der Waals surface area contributed by atoms with Gasteiger partial charge in [0.15, 0.2) is 11.5 Å². The lowest BCUT2D eigenvalue weighted by Crippen LogP contribution is -1.98. The van der Waals surface area contributed by atoms with Gasteiger partial charge >= 0.3 is 0 Å². The second-order valence-corrected chi connectivity index (χ2v) is 18.7. The van der Waals surface area contributed by atoms with Crippen molar-refractivity contribution in [3.8, 4) is 23.0 Å². The third kappa shape index (κ3) is 26.3. The number of allylic oxidation sites excluding steroid dienone is 20. The van der Waals surface area contributed by atoms with Gasteiger partial charge in [-0.05, 0) is 205 Å². The summed E-state index contributed by atoms with van der Waals surface area (Å²) in [6.07, 6.45) is 44.6. The summed E-state index contributed by atoms with van der Waals surface area (Å²) in [7, 11) is 2.91. The Hall–Kier alpha value is -4.18. The van der Waals surface area contributed by atoms with E-state index < -0.39 is 0 Å². The summed E-state index contributed by atoms with van der Waals surface area (Å²) in [6, 6.07) is 0. The van der Waals surface area contributed by atoms with E-state index in [2.05, 4.69) is 137 Å². The van der Waals surface area contributed by atoms with Crippen LogP contribution in [0.3, 0.4) is 0 Å². The van der Waals surface area contributed by atoms with Crippen molar-refractivity contribution < 1.29 is 19.7 Å². The molecule has 0 unspecified atom stereocenters. The van der Waals surface area contributed by atoms with Crippen molar-refractivity contribution in [3.05, 3.63) is 128 Å². The number of hydrogen-bond acceptors (Lipinski definition) is 4. The van der Waals surface area contributed by atoms with Gasteiger partial charge in [0.25, 0.3) is 0 Å². The average Bonchev–Trinajstić information content (AvgIpc) is 3.21. The molecular formula is C59H92O4. The van der Waals surface area contributed by atoms with Crippen LogP contribution >= 0.6 is 0 Å². The van der Waals surface area contributed by atoms with Gasteiger partial charge in [0.2, 0.25) is 11.5 Å². The Morgan fingerprint density at radius 2 is 0.571 bits per heavy atom. The Labute approximate surface area is 388 Å². The van der Waals surface area contributed by atoms with E-state index in [4.69, 9.17) is 9.47 Å². The van der Waals surface area contributed by atoms with Crippen LogP contribution in [-0.2, 0) is 6.42 Å². The van der Waals surface area contributed by atoms with Crippen LogP contribution in [0.15, 0.2) is 116 Å². The summed E-state index contributed by atoms with van der Waals surface area (Å²) < 4.78 is 10.5. The molecule has 0 atom stereocenters. The lowest BCUT2D eigenvalue weighted by molar-refractivity contribution is 0.314. The molecule has 352 valence electrons. The molecule has 0 aliphatic rings. The fourth-order valence-corrected chi connectivity index (χ4v) is 7.62. The van der Waals surface area contributed by atoms with Gasteiger partial charge in [0.05, 0.1) is 14.2 Å². The van der Waals surface area contributed by atoms with Crippen LogP contribution in [0.25, 0.3) is 0 Å². The zero-order valence-electron chi connectivity index (χ0n) is 42.9. The van der Waals surface area contributed by atoms with Crippen LogP contribution in [0.4, 0.5) is 0 Å². The molecule has 4 nitrogen and oxygen atoms in total. The molecule has 0 fully saturated rings. The standard InChI is InChI=1S/C59H92O4/c1-44(2)24-15-25-45(3)26-16-27-46(4)28-17-29-47(5)30-18-31-48(6)32-19-33-49(7)34-20-35-50(8)36-21-37-51(9)38-22-39-52(10)40-23-41-53(11)42-43-55-54(12)56(60)58(62-13)59(63-14)57(55)61/h24,26,28,30,32,34,36,38,40,42,60-61H,15-23,25,27,29,31,33,35,37,39,41,43H2,1-14H3/b45-26+,46-28-,47-30-,48-32-,49-34-,50-36-,51-38-,52-40-,53-42+. The van der Waals surface area contributed by atoms with Gasteiger partial charge in [-0.25, -0.2) is 0 Å². The van der Waals surface area contributed by atoms with Crippen LogP contribution in [-0.4, -0.2) is 24.4 Å². The number of hydrogen-bond donors (Lipinski definition) is 2. The predicted octanol–water partition coefficient (Wildman–Crippen LogP) is 18.5. The summed E-state index contributed by atoms with van der Waals surface area (Å²) in [4.78, 5) is 0. The normalized spacial score (nSPS) is 14.2. The van der Waals surface area contributed by atoms with E-state index in [9.17, 15) is 10.2 Å². The number of methoxy groups -OCH3 is 2. The molecule has 0 radical (unpaired) electrons. The largest absolute Gasteiger partial charge is 0.504 e. The van der Waals surface area contributed by atoms with Gasteiger partial charge < -0.3 is 19.7 Å². The zero-order chi connectivity index (χ0) is 47.2. The van der Waals surface area contributed by atoms with Gasteiger partial charge in [-0.1, -0.05) is 116 Å². The number of rotatable bonds is 31. The van der Waals surface area contributed by atoms with Gasteiger partial charge in [0, 0.05) is 11.1 Å². The molecular weight excluding hydrogens is 773 g/mol. The molecule has 1 aromatic rings. The van der Waals surface area contributed by atoms with Crippen molar-refractivity contribution >= 4 is 0 Å². The van der Waals surface area contributed by atoms with Crippen molar-refractivity contribution in [3.63, 3.8) is 0 Å². The summed E-state index contributed by atoms with van der Waals surface area (Å²) in [6.45, 7) is 26.5. The SMILES string of the molecule is COc1c(O)c(C)c(C/C=C(\C)CC/C=C(/C)CC/C=C(/C)CC/C=C(/C)CC/C=C(/C)CC/C=C(/C)CC/C=C(/C)CC/C=C(/C)CC/C=C(\C)CCC=C(C)C)c(O)c1OC. The highest BCUT2D eigenvalue weighted by Gasteiger charge is 2.22. The second-order valence-electron chi connectivity index (χ2n) is 18.7. The first-order valence-electron chi connectivity index (χ1n) is 24.2. The number of benzene rings is 1. The first-order valence-corrected chi connectivity index (χ1v) is 24.2. The third-order valence-electron chi connectivity index (χ3n) is 12.1. The van der Waals surface area contributed by atoms with Crippen molar-refractivity contribution in [1.82, 2.24) is 0 Å². The maximum atomic E-state index is 10.7. The van der Waals surface area contributed by atoms with Gasteiger partial charge in [-0.3, -0.25) is 0 Å². The van der Waals surface area contributed by atoms with Crippen LogP contribution in [0.2, 0.25) is 0 Å². The van der Waals surface area contributed by atoms with E-state index in [1.54, 1.807) is 6.92 Å².